The van der Waals surface area contributed by atoms with Crippen LogP contribution in [0.4, 0.5) is 0 Å². The zero-order chi connectivity index (χ0) is 22.2. The fourth-order valence-electron chi connectivity index (χ4n) is 3.99. The average molecular weight is 432 g/mol. The van der Waals surface area contributed by atoms with E-state index in [1.54, 1.807) is 7.11 Å². The van der Waals surface area contributed by atoms with Gasteiger partial charge in [-0.25, -0.2) is 0 Å². The molecule has 1 atom stereocenters. The van der Waals surface area contributed by atoms with E-state index in [4.69, 9.17) is 9.47 Å². The first-order valence-electron chi connectivity index (χ1n) is 11.1. The lowest BCUT2D eigenvalue weighted by atomic mass is 10.2. The minimum Gasteiger partial charge on any atom is -0.493 e. The van der Waals surface area contributed by atoms with Gasteiger partial charge in [0.1, 0.15) is 12.7 Å². The predicted molar refractivity (Wildman–Crippen MR) is 121 cm³/mol. The summed E-state index contributed by atoms with van der Waals surface area (Å²) in [6, 6.07) is 5.98. The number of nitrogens with zero attached hydrogens (tertiary/aromatic N) is 5. The number of β-amino-alcohol motifs (C(OH)–C–C–N with tert-alkyl or cyclic N) is 1. The van der Waals surface area contributed by atoms with Gasteiger partial charge < -0.3 is 19.5 Å². The van der Waals surface area contributed by atoms with Gasteiger partial charge in [-0.15, -0.1) is 0 Å². The molecule has 1 fully saturated rings. The highest BCUT2D eigenvalue weighted by Gasteiger charge is 2.19. The number of benzene rings is 1. The monoisotopic (exact) mass is 431 g/mol. The van der Waals surface area contributed by atoms with Crippen LogP contribution in [0.1, 0.15) is 18.1 Å². The molecule has 0 aliphatic carbocycles. The molecule has 2 aromatic rings. The third-order valence-electron chi connectivity index (χ3n) is 5.70. The Morgan fingerprint density at radius 1 is 1.10 bits per heavy atom. The quantitative estimate of drug-likeness (QED) is 0.577. The number of methoxy groups -OCH3 is 1. The molecule has 0 spiro atoms. The van der Waals surface area contributed by atoms with Gasteiger partial charge in [0.25, 0.3) is 0 Å². The molecule has 1 N–H and O–H groups in total. The van der Waals surface area contributed by atoms with Gasteiger partial charge in [0, 0.05) is 64.6 Å². The first-order valence-corrected chi connectivity index (χ1v) is 11.1. The number of aliphatic hydroxyl groups excluding tert-OH is 1. The molecular formula is C23H37N5O3. The number of likely N-dealkylation sites (N-methyl/N-ethyl adjacent to an activating group) is 1. The topological polar surface area (TPSA) is 66.2 Å². The van der Waals surface area contributed by atoms with Crippen LogP contribution >= 0.6 is 0 Å². The second kappa shape index (κ2) is 11.5. The number of aromatic nitrogens is 2. The molecule has 1 saturated heterocycles. The Labute approximate surface area is 185 Å². The van der Waals surface area contributed by atoms with Crippen LogP contribution in [0, 0.1) is 0 Å². The summed E-state index contributed by atoms with van der Waals surface area (Å²) in [4.78, 5) is 6.97. The molecule has 1 aromatic carbocycles. The third-order valence-corrected chi connectivity index (χ3v) is 5.70. The number of ether oxygens (including phenoxy) is 2. The molecule has 2 heterocycles. The van der Waals surface area contributed by atoms with E-state index >= 15 is 0 Å². The van der Waals surface area contributed by atoms with Crippen molar-refractivity contribution in [2.75, 3.05) is 60.0 Å². The van der Waals surface area contributed by atoms with E-state index in [0.717, 1.165) is 51.4 Å². The van der Waals surface area contributed by atoms with Crippen molar-refractivity contribution in [2.24, 2.45) is 7.05 Å². The molecule has 0 radical (unpaired) electrons. The standard InChI is InChI=1S/C23H37N5O3/c1-5-27-8-10-28(11-9-27)17-21(29)18-31-22-7-6-19(12-23(22)30-4)14-25(2)15-20-13-24-26(3)16-20/h6-7,12-13,16,21,29H,5,8-11,14-15,17-18H2,1-4H3. The maximum atomic E-state index is 10.4. The maximum Gasteiger partial charge on any atom is 0.161 e. The molecule has 31 heavy (non-hydrogen) atoms. The van der Waals surface area contributed by atoms with Crippen molar-refractivity contribution in [3.8, 4) is 11.5 Å². The molecular weight excluding hydrogens is 394 g/mol. The van der Waals surface area contributed by atoms with Crippen LogP contribution in [0.15, 0.2) is 30.6 Å². The highest BCUT2D eigenvalue weighted by atomic mass is 16.5. The van der Waals surface area contributed by atoms with Crippen LogP contribution in [0.5, 0.6) is 11.5 Å². The average Bonchev–Trinajstić information content (AvgIpc) is 3.17. The van der Waals surface area contributed by atoms with Crippen LogP contribution in [0.25, 0.3) is 0 Å². The summed E-state index contributed by atoms with van der Waals surface area (Å²) in [6.45, 7) is 9.91. The van der Waals surface area contributed by atoms with Crippen LogP contribution in [0.2, 0.25) is 0 Å². The van der Waals surface area contributed by atoms with Gasteiger partial charge in [0.05, 0.1) is 13.3 Å². The van der Waals surface area contributed by atoms with E-state index in [-0.39, 0.29) is 6.61 Å². The Bertz CT molecular complexity index is 804. The minimum absolute atomic E-state index is 0.255. The van der Waals surface area contributed by atoms with E-state index in [2.05, 4.69) is 33.8 Å². The Hall–Kier alpha value is -2.13. The molecule has 3 rings (SSSR count). The number of hydrogen-bond donors (Lipinski definition) is 1. The summed E-state index contributed by atoms with van der Waals surface area (Å²) in [7, 11) is 5.66. The highest BCUT2D eigenvalue weighted by molar-refractivity contribution is 5.43. The largest absolute Gasteiger partial charge is 0.493 e. The van der Waals surface area contributed by atoms with Crippen LogP contribution in [-0.4, -0.2) is 95.7 Å². The summed E-state index contributed by atoms with van der Waals surface area (Å²) < 4.78 is 13.3. The van der Waals surface area contributed by atoms with E-state index in [0.29, 0.717) is 18.0 Å². The fourth-order valence-corrected chi connectivity index (χ4v) is 3.99. The summed E-state index contributed by atoms with van der Waals surface area (Å²) in [5, 5.41) is 14.7. The first kappa shape index (κ1) is 23.5. The zero-order valence-corrected chi connectivity index (χ0v) is 19.3. The van der Waals surface area contributed by atoms with Crippen molar-refractivity contribution in [3.05, 3.63) is 41.7 Å². The predicted octanol–water partition coefficient (Wildman–Crippen LogP) is 1.44. The Kier molecular flexibility index (Phi) is 8.71. The van der Waals surface area contributed by atoms with Crippen LogP contribution in [-0.2, 0) is 20.1 Å². The van der Waals surface area contributed by atoms with E-state index < -0.39 is 6.10 Å². The van der Waals surface area contributed by atoms with E-state index in [1.807, 2.05) is 42.3 Å². The smallest absolute Gasteiger partial charge is 0.161 e. The Balaban J connectivity index is 1.47. The zero-order valence-electron chi connectivity index (χ0n) is 19.3. The fraction of sp³-hybridized carbons (Fsp3) is 0.609. The summed E-state index contributed by atoms with van der Waals surface area (Å²) in [6.07, 6.45) is 3.40. The van der Waals surface area contributed by atoms with Gasteiger partial charge in [-0.05, 0) is 31.3 Å². The molecule has 1 unspecified atom stereocenters. The number of aliphatic hydroxyl groups is 1. The van der Waals surface area contributed by atoms with Crippen molar-refractivity contribution in [2.45, 2.75) is 26.1 Å². The number of aryl methyl sites for hydroxylation is 1. The third kappa shape index (κ3) is 7.21. The molecule has 8 heteroatoms. The van der Waals surface area contributed by atoms with Crippen molar-refractivity contribution in [1.29, 1.82) is 0 Å². The second-order valence-corrected chi connectivity index (χ2v) is 8.38. The molecule has 0 amide bonds. The van der Waals surface area contributed by atoms with E-state index in [1.165, 1.54) is 5.56 Å². The van der Waals surface area contributed by atoms with Crippen molar-refractivity contribution in [1.82, 2.24) is 24.5 Å². The van der Waals surface area contributed by atoms with Gasteiger partial charge in [0.15, 0.2) is 11.5 Å². The first-order chi connectivity index (χ1) is 15.0. The summed E-state index contributed by atoms with van der Waals surface area (Å²) in [5.41, 5.74) is 2.33. The van der Waals surface area contributed by atoms with Gasteiger partial charge in [-0.3, -0.25) is 14.5 Å². The lowest BCUT2D eigenvalue weighted by Gasteiger charge is -2.34. The second-order valence-electron chi connectivity index (χ2n) is 8.38. The SMILES string of the molecule is CCN1CCN(CC(O)COc2ccc(CN(C)Cc3cnn(C)c3)cc2OC)CC1. The lowest BCUT2D eigenvalue weighted by molar-refractivity contribution is 0.0464. The molecule has 0 saturated carbocycles. The molecule has 1 aliphatic rings. The van der Waals surface area contributed by atoms with Crippen LogP contribution in [0.3, 0.4) is 0 Å². The van der Waals surface area contributed by atoms with Crippen molar-refractivity contribution < 1.29 is 14.6 Å². The lowest BCUT2D eigenvalue weighted by Crippen LogP contribution is -2.49. The molecule has 8 nitrogen and oxygen atoms in total. The molecule has 1 aromatic heterocycles. The van der Waals surface area contributed by atoms with Gasteiger partial charge in [-0.2, -0.15) is 5.10 Å². The molecule has 172 valence electrons. The summed E-state index contributed by atoms with van der Waals surface area (Å²) in [5.74, 6) is 1.35. The van der Waals surface area contributed by atoms with Gasteiger partial charge in [0.2, 0.25) is 0 Å². The van der Waals surface area contributed by atoms with E-state index in [9.17, 15) is 5.11 Å². The Morgan fingerprint density at radius 2 is 1.81 bits per heavy atom. The van der Waals surface area contributed by atoms with Gasteiger partial charge >= 0.3 is 0 Å². The Morgan fingerprint density at radius 3 is 2.45 bits per heavy atom. The molecule has 0 bridgehead atoms. The van der Waals surface area contributed by atoms with Gasteiger partial charge in [-0.1, -0.05) is 13.0 Å². The van der Waals surface area contributed by atoms with Crippen LogP contribution < -0.4 is 9.47 Å². The molecule has 1 aliphatic heterocycles. The normalized spacial score (nSPS) is 16.6. The number of hydrogen-bond acceptors (Lipinski definition) is 7. The number of piperazine rings is 1. The number of rotatable bonds is 11. The minimum atomic E-state index is -0.525. The van der Waals surface area contributed by atoms with Crippen molar-refractivity contribution >= 4 is 0 Å². The van der Waals surface area contributed by atoms with Crippen molar-refractivity contribution in [3.63, 3.8) is 0 Å². The highest BCUT2D eigenvalue weighted by Crippen LogP contribution is 2.29. The summed E-state index contributed by atoms with van der Waals surface area (Å²) >= 11 is 0. The maximum absolute atomic E-state index is 10.4.